The highest BCUT2D eigenvalue weighted by molar-refractivity contribution is 7.89. The van der Waals surface area contributed by atoms with Crippen molar-refractivity contribution in [1.29, 1.82) is 0 Å². The second kappa shape index (κ2) is 9.64. The summed E-state index contributed by atoms with van der Waals surface area (Å²) in [5.41, 5.74) is 0.387. The number of hydrogen-bond donors (Lipinski definition) is 3. The Kier molecular flexibility index (Phi) is 7.79. The highest BCUT2D eigenvalue weighted by Crippen LogP contribution is 2.28. The van der Waals surface area contributed by atoms with Gasteiger partial charge in [0, 0.05) is 30.7 Å². The van der Waals surface area contributed by atoms with Gasteiger partial charge in [-0.15, -0.1) is 0 Å². The van der Waals surface area contributed by atoms with Crippen molar-refractivity contribution < 1.29 is 17.9 Å². The maximum Gasteiger partial charge on any atom is 0.251 e. The van der Waals surface area contributed by atoms with E-state index >= 15 is 0 Å². The summed E-state index contributed by atoms with van der Waals surface area (Å²) in [5, 5.41) is 6.31. The van der Waals surface area contributed by atoms with E-state index < -0.39 is 10.0 Å². The van der Waals surface area contributed by atoms with Crippen molar-refractivity contribution in [3.63, 3.8) is 0 Å². The van der Waals surface area contributed by atoms with Crippen LogP contribution in [0.1, 0.15) is 43.5 Å². The molecule has 1 aromatic carbocycles. The molecule has 3 N–H and O–H groups in total. The van der Waals surface area contributed by atoms with Gasteiger partial charge in [0.05, 0.1) is 11.5 Å². The summed E-state index contributed by atoms with van der Waals surface area (Å²) < 4.78 is 32.6. The molecule has 2 rings (SSSR count). The topological polar surface area (TPSA) is 96.5 Å². The first-order chi connectivity index (χ1) is 12.8. The van der Waals surface area contributed by atoms with Crippen LogP contribution in [0.25, 0.3) is 0 Å². The van der Waals surface area contributed by atoms with Crippen LogP contribution in [0.5, 0.6) is 0 Å². The van der Waals surface area contributed by atoms with Gasteiger partial charge < -0.3 is 15.4 Å². The zero-order chi connectivity index (χ0) is 19.9. The van der Waals surface area contributed by atoms with Gasteiger partial charge in [0.2, 0.25) is 10.0 Å². The van der Waals surface area contributed by atoms with Crippen LogP contribution in [0.2, 0.25) is 0 Å². The Labute approximate surface area is 162 Å². The molecule has 1 aromatic rings. The van der Waals surface area contributed by atoms with Crippen molar-refractivity contribution in [2.24, 2.45) is 5.41 Å². The number of hydrogen-bond acceptors (Lipinski definition) is 5. The van der Waals surface area contributed by atoms with Gasteiger partial charge in [-0.05, 0) is 63.5 Å². The fourth-order valence-electron chi connectivity index (χ4n) is 3.21. The van der Waals surface area contributed by atoms with E-state index in [1.54, 1.807) is 19.2 Å². The molecule has 27 heavy (non-hydrogen) atoms. The summed E-state index contributed by atoms with van der Waals surface area (Å²) in [5.74, 6) is -0.206. The molecule has 152 valence electrons. The van der Waals surface area contributed by atoms with Crippen LogP contribution in [0, 0.1) is 5.41 Å². The predicted octanol–water partition coefficient (Wildman–Crippen LogP) is 1.51. The number of nitrogens with one attached hydrogen (secondary N) is 3. The molecule has 1 saturated heterocycles. The molecule has 1 aliphatic heterocycles. The van der Waals surface area contributed by atoms with E-state index in [1.807, 2.05) is 13.8 Å². The summed E-state index contributed by atoms with van der Waals surface area (Å²) in [6.07, 6.45) is 2.59. The van der Waals surface area contributed by atoms with Crippen molar-refractivity contribution in [2.75, 3.05) is 33.4 Å². The van der Waals surface area contributed by atoms with Gasteiger partial charge in [0.15, 0.2) is 0 Å². The van der Waals surface area contributed by atoms with Gasteiger partial charge in [-0.1, -0.05) is 6.92 Å². The highest BCUT2D eigenvalue weighted by Gasteiger charge is 2.32. The first kappa shape index (κ1) is 21.8. The number of carbonyl (C=O) groups is 1. The summed E-state index contributed by atoms with van der Waals surface area (Å²) in [6, 6.07) is 5.89. The molecular formula is C19H31N3O4S. The lowest BCUT2D eigenvalue weighted by Crippen LogP contribution is -2.47. The van der Waals surface area contributed by atoms with Crippen LogP contribution in [0.3, 0.4) is 0 Å². The van der Waals surface area contributed by atoms with E-state index in [-0.39, 0.29) is 22.3 Å². The van der Waals surface area contributed by atoms with Gasteiger partial charge in [-0.3, -0.25) is 4.79 Å². The third kappa shape index (κ3) is 6.00. The average molecular weight is 398 g/mol. The molecule has 8 heteroatoms. The SMILES string of the molecule is CCC(C)NS(=O)(=O)c1ccc(C(=O)NCC2(COC)CCNCC2)cc1. The first-order valence-electron chi connectivity index (χ1n) is 9.42. The molecule has 1 heterocycles. The molecule has 0 aliphatic carbocycles. The molecule has 1 unspecified atom stereocenters. The van der Waals surface area contributed by atoms with Crippen molar-refractivity contribution in [2.45, 2.75) is 44.0 Å². The van der Waals surface area contributed by atoms with Crippen molar-refractivity contribution in [3.05, 3.63) is 29.8 Å². The quantitative estimate of drug-likeness (QED) is 0.587. The fraction of sp³-hybridized carbons (Fsp3) is 0.632. The molecule has 1 amide bonds. The molecular weight excluding hydrogens is 366 g/mol. The lowest BCUT2D eigenvalue weighted by Gasteiger charge is -2.37. The predicted molar refractivity (Wildman–Crippen MR) is 105 cm³/mol. The number of carbonyl (C=O) groups excluding carboxylic acids is 1. The van der Waals surface area contributed by atoms with Crippen LogP contribution >= 0.6 is 0 Å². The number of rotatable bonds is 9. The van der Waals surface area contributed by atoms with E-state index in [2.05, 4.69) is 15.4 Å². The third-order valence-corrected chi connectivity index (χ3v) is 6.74. The molecule has 0 spiro atoms. The Hall–Kier alpha value is -1.48. The molecule has 7 nitrogen and oxygen atoms in total. The van der Waals surface area contributed by atoms with E-state index in [4.69, 9.17) is 4.74 Å². The van der Waals surface area contributed by atoms with Crippen LogP contribution in [-0.4, -0.2) is 53.7 Å². The van der Waals surface area contributed by atoms with E-state index in [9.17, 15) is 13.2 Å². The van der Waals surface area contributed by atoms with Gasteiger partial charge >= 0.3 is 0 Å². The highest BCUT2D eigenvalue weighted by atomic mass is 32.2. The van der Waals surface area contributed by atoms with Gasteiger partial charge in [0.25, 0.3) is 5.91 Å². The van der Waals surface area contributed by atoms with Crippen LogP contribution in [0.4, 0.5) is 0 Å². The molecule has 0 bridgehead atoms. The Bertz CT molecular complexity index is 707. The minimum Gasteiger partial charge on any atom is -0.384 e. The summed E-state index contributed by atoms with van der Waals surface area (Å²) in [7, 11) is -1.89. The van der Waals surface area contributed by atoms with Crippen molar-refractivity contribution in [3.8, 4) is 0 Å². The number of benzene rings is 1. The molecule has 0 saturated carbocycles. The van der Waals surface area contributed by atoms with Gasteiger partial charge in [-0.25, -0.2) is 13.1 Å². The molecule has 0 aromatic heterocycles. The summed E-state index contributed by atoms with van der Waals surface area (Å²) in [4.78, 5) is 12.6. The minimum atomic E-state index is -3.57. The number of amides is 1. The van der Waals surface area contributed by atoms with Crippen LogP contribution in [0.15, 0.2) is 29.2 Å². The van der Waals surface area contributed by atoms with Gasteiger partial charge in [-0.2, -0.15) is 0 Å². The molecule has 1 fully saturated rings. The van der Waals surface area contributed by atoms with Crippen LogP contribution < -0.4 is 15.4 Å². The molecule has 0 radical (unpaired) electrons. The molecule has 1 aliphatic rings. The zero-order valence-electron chi connectivity index (χ0n) is 16.4. The first-order valence-corrected chi connectivity index (χ1v) is 10.9. The summed E-state index contributed by atoms with van der Waals surface area (Å²) >= 11 is 0. The summed E-state index contributed by atoms with van der Waals surface area (Å²) in [6.45, 7) is 6.70. The number of sulfonamides is 1. The third-order valence-electron chi connectivity index (χ3n) is 5.13. The molecule has 1 atom stereocenters. The monoisotopic (exact) mass is 397 g/mol. The lowest BCUT2D eigenvalue weighted by molar-refractivity contribution is 0.0511. The number of methoxy groups -OCH3 is 1. The smallest absolute Gasteiger partial charge is 0.251 e. The van der Waals surface area contributed by atoms with E-state index in [0.717, 1.165) is 25.9 Å². The maximum atomic E-state index is 12.5. The number of ether oxygens (including phenoxy) is 1. The normalized spacial score (nSPS) is 18.0. The largest absolute Gasteiger partial charge is 0.384 e. The zero-order valence-corrected chi connectivity index (χ0v) is 17.2. The van der Waals surface area contributed by atoms with Crippen LogP contribution in [-0.2, 0) is 14.8 Å². The minimum absolute atomic E-state index is 0.0564. The standard InChI is InChI=1S/C19H31N3O4S/c1-4-15(2)22-27(24,25)17-7-5-16(6-8-17)18(23)21-13-19(14-26-3)9-11-20-12-10-19/h5-8,15,20,22H,4,9-14H2,1-3H3,(H,21,23). The Morgan fingerprint density at radius 3 is 2.44 bits per heavy atom. The fourth-order valence-corrected chi connectivity index (χ4v) is 4.53. The Balaban J connectivity index is 2.00. The Morgan fingerprint density at radius 1 is 1.26 bits per heavy atom. The van der Waals surface area contributed by atoms with E-state index in [1.165, 1.54) is 12.1 Å². The Morgan fingerprint density at radius 2 is 1.89 bits per heavy atom. The van der Waals surface area contributed by atoms with E-state index in [0.29, 0.717) is 25.1 Å². The second-order valence-electron chi connectivity index (χ2n) is 7.32. The van der Waals surface area contributed by atoms with Crippen molar-refractivity contribution in [1.82, 2.24) is 15.4 Å². The lowest BCUT2D eigenvalue weighted by atomic mass is 9.79. The average Bonchev–Trinajstić information content (AvgIpc) is 2.67. The maximum absolute atomic E-state index is 12.5. The number of piperidine rings is 1. The second-order valence-corrected chi connectivity index (χ2v) is 9.03. The van der Waals surface area contributed by atoms with Gasteiger partial charge in [0.1, 0.15) is 0 Å². The van der Waals surface area contributed by atoms with Crippen molar-refractivity contribution >= 4 is 15.9 Å².